The van der Waals surface area contributed by atoms with Gasteiger partial charge >= 0.3 is 0 Å². The van der Waals surface area contributed by atoms with Gasteiger partial charge in [0.2, 0.25) is 0 Å². The zero-order valence-corrected chi connectivity index (χ0v) is 12.5. The summed E-state index contributed by atoms with van der Waals surface area (Å²) in [6.07, 6.45) is 3.53. The van der Waals surface area contributed by atoms with Crippen molar-refractivity contribution >= 4 is 17.0 Å². The highest BCUT2D eigenvalue weighted by Gasteiger charge is 2.20. The van der Waals surface area contributed by atoms with Crippen LogP contribution in [0.5, 0.6) is 0 Å². The molecule has 5 nitrogen and oxygen atoms in total. The van der Waals surface area contributed by atoms with Crippen molar-refractivity contribution in [1.29, 1.82) is 0 Å². The molecule has 0 radical (unpaired) electrons. The van der Waals surface area contributed by atoms with E-state index in [0.717, 1.165) is 54.8 Å². The number of aromatic amines is 1. The molecule has 21 heavy (non-hydrogen) atoms. The molecule has 0 bridgehead atoms. The van der Waals surface area contributed by atoms with Gasteiger partial charge in [0.05, 0.1) is 11.0 Å². The van der Waals surface area contributed by atoms with Crippen molar-refractivity contribution in [3.05, 3.63) is 30.1 Å². The zero-order valence-electron chi connectivity index (χ0n) is 12.5. The van der Waals surface area contributed by atoms with Crippen LogP contribution < -0.4 is 10.6 Å². The van der Waals surface area contributed by atoms with E-state index >= 15 is 0 Å². The van der Waals surface area contributed by atoms with Gasteiger partial charge in [-0.2, -0.15) is 0 Å². The number of para-hydroxylation sites is 2. The fraction of sp³-hybridized carbons (Fsp3) is 0.500. The van der Waals surface area contributed by atoms with Crippen molar-refractivity contribution < 1.29 is 0 Å². The summed E-state index contributed by atoms with van der Waals surface area (Å²) < 4.78 is 0. The second kappa shape index (κ2) is 6.61. The molecule has 1 aromatic carbocycles. The van der Waals surface area contributed by atoms with E-state index in [1.165, 1.54) is 12.8 Å². The highest BCUT2D eigenvalue weighted by molar-refractivity contribution is 5.79. The number of hydrogen-bond acceptors (Lipinski definition) is 2. The average molecular weight is 285 g/mol. The van der Waals surface area contributed by atoms with Gasteiger partial charge in [0, 0.05) is 26.1 Å². The van der Waals surface area contributed by atoms with Gasteiger partial charge in [0.25, 0.3) is 0 Å². The van der Waals surface area contributed by atoms with Crippen molar-refractivity contribution in [3.8, 4) is 0 Å². The molecule has 5 heteroatoms. The van der Waals surface area contributed by atoms with E-state index in [9.17, 15) is 0 Å². The van der Waals surface area contributed by atoms with Gasteiger partial charge in [-0.3, -0.25) is 4.99 Å². The van der Waals surface area contributed by atoms with Crippen molar-refractivity contribution in [2.45, 2.75) is 26.2 Å². The van der Waals surface area contributed by atoms with E-state index < -0.39 is 0 Å². The normalized spacial score (nSPS) is 15.4. The predicted octanol–water partition coefficient (Wildman–Crippen LogP) is 2.07. The third-order valence-corrected chi connectivity index (χ3v) is 3.64. The number of hydrogen-bond donors (Lipinski definition) is 3. The van der Waals surface area contributed by atoms with Crippen LogP contribution in [0.3, 0.4) is 0 Å². The molecule has 112 valence electrons. The summed E-state index contributed by atoms with van der Waals surface area (Å²) in [4.78, 5) is 12.5. The Balaban J connectivity index is 1.52. The third-order valence-electron chi connectivity index (χ3n) is 3.64. The van der Waals surface area contributed by atoms with Crippen molar-refractivity contribution in [2.75, 3.05) is 19.6 Å². The highest BCUT2D eigenvalue weighted by Crippen LogP contribution is 2.28. The van der Waals surface area contributed by atoms with Crippen molar-refractivity contribution in [2.24, 2.45) is 10.9 Å². The van der Waals surface area contributed by atoms with Crippen LogP contribution in [-0.4, -0.2) is 35.6 Å². The van der Waals surface area contributed by atoms with Gasteiger partial charge in [0.1, 0.15) is 5.82 Å². The molecule has 0 spiro atoms. The number of nitrogens with zero attached hydrogens (tertiary/aromatic N) is 2. The molecule has 0 saturated heterocycles. The fourth-order valence-corrected chi connectivity index (χ4v) is 2.29. The molecule has 3 rings (SSSR count). The predicted molar refractivity (Wildman–Crippen MR) is 86.5 cm³/mol. The van der Waals surface area contributed by atoms with Crippen LogP contribution in [0.15, 0.2) is 29.3 Å². The monoisotopic (exact) mass is 285 g/mol. The Morgan fingerprint density at radius 3 is 2.95 bits per heavy atom. The van der Waals surface area contributed by atoms with Crippen LogP contribution in [0.1, 0.15) is 25.6 Å². The Kier molecular flexibility index (Phi) is 4.38. The maximum absolute atomic E-state index is 4.61. The fourth-order valence-electron chi connectivity index (χ4n) is 2.29. The lowest BCUT2D eigenvalue weighted by atomic mass is 10.3. The topological polar surface area (TPSA) is 65.1 Å². The zero-order chi connectivity index (χ0) is 14.5. The molecule has 2 aromatic rings. The summed E-state index contributed by atoms with van der Waals surface area (Å²) in [5.74, 6) is 2.75. The summed E-state index contributed by atoms with van der Waals surface area (Å²) in [6.45, 7) is 4.75. The van der Waals surface area contributed by atoms with Gasteiger partial charge in [-0.1, -0.05) is 12.1 Å². The molecule has 1 fully saturated rings. The summed E-state index contributed by atoms with van der Waals surface area (Å²) in [5.41, 5.74) is 2.13. The summed E-state index contributed by atoms with van der Waals surface area (Å²) in [5, 5.41) is 6.66. The third kappa shape index (κ3) is 3.97. The smallest absolute Gasteiger partial charge is 0.191 e. The van der Waals surface area contributed by atoms with Crippen LogP contribution in [0.25, 0.3) is 11.0 Å². The van der Waals surface area contributed by atoms with Crippen LogP contribution in [-0.2, 0) is 6.42 Å². The molecule has 3 N–H and O–H groups in total. The molecule has 0 aliphatic heterocycles. The largest absolute Gasteiger partial charge is 0.357 e. The Morgan fingerprint density at radius 1 is 1.33 bits per heavy atom. The molecule has 0 unspecified atom stereocenters. The Labute approximate surface area is 125 Å². The number of nitrogens with one attached hydrogen (secondary N) is 3. The second-order valence-corrected chi connectivity index (χ2v) is 5.54. The van der Waals surface area contributed by atoms with Gasteiger partial charge in [0.15, 0.2) is 5.96 Å². The number of imidazole rings is 1. The van der Waals surface area contributed by atoms with E-state index in [1.54, 1.807) is 0 Å². The Morgan fingerprint density at radius 2 is 2.19 bits per heavy atom. The first-order chi connectivity index (χ1) is 10.3. The van der Waals surface area contributed by atoms with E-state index in [4.69, 9.17) is 0 Å². The van der Waals surface area contributed by atoms with Gasteiger partial charge < -0.3 is 15.6 Å². The number of rotatable bonds is 6. The quantitative estimate of drug-likeness (QED) is 0.562. The first-order valence-electron chi connectivity index (χ1n) is 7.81. The number of aliphatic imine (C=N–C) groups is 1. The van der Waals surface area contributed by atoms with Crippen molar-refractivity contribution in [3.63, 3.8) is 0 Å². The Bertz CT molecular complexity index is 579. The van der Waals surface area contributed by atoms with E-state index in [1.807, 2.05) is 18.2 Å². The minimum atomic E-state index is 0.816. The number of H-pyrrole nitrogens is 1. The molecule has 1 saturated carbocycles. The number of fused-ring (bicyclic) bond motifs is 1. The molecule has 0 amide bonds. The highest BCUT2D eigenvalue weighted by atomic mass is 15.2. The molecule has 1 heterocycles. The van der Waals surface area contributed by atoms with Crippen molar-refractivity contribution in [1.82, 2.24) is 20.6 Å². The van der Waals surface area contributed by atoms with Crippen LogP contribution >= 0.6 is 0 Å². The second-order valence-electron chi connectivity index (χ2n) is 5.54. The first-order valence-corrected chi connectivity index (χ1v) is 7.81. The maximum Gasteiger partial charge on any atom is 0.191 e. The lowest BCUT2D eigenvalue weighted by Gasteiger charge is -2.10. The summed E-state index contributed by atoms with van der Waals surface area (Å²) >= 11 is 0. The summed E-state index contributed by atoms with van der Waals surface area (Å²) in [7, 11) is 0. The van der Waals surface area contributed by atoms with Crippen LogP contribution in [0.4, 0.5) is 0 Å². The van der Waals surface area contributed by atoms with Gasteiger partial charge in [-0.15, -0.1) is 0 Å². The molecule has 0 atom stereocenters. The van der Waals surface area contributed by atoms with E-state index in [0.29, 0.717) is 0 Å². The summed E-state index contributed by atoms with van der Waals surface area (Å²) in [6, 6.07) is 8.12. The SMILES string of the molecule is CCNC(=NCC1CC1)NCCc1nc2ccccc2[nH]1. The molecular weight excluding hydrogens is 262 g/mol. The molecule has 1 aromatic heterocycles. The van der Waals surface area contributed by atoms with Gasteiger partial charge in [-0.25, -0.2) is 4.98 Å². The standard InChI is InChI=1S/C16H23N5/c1-2-17-16(19-11-12-7-8-12)18-10-9-15-20-13-5-3-4-6-14(13)21-15/h3-6,12H,2,7-11H2,1H3,(H,20,21)(H2,17,18,19). The number of guanidine groups is 1. The molecular formula is C16H23N5. The first kappa shape index (κ1) is 13.9. The Hall–Kier alpha value is -2.04. The number of benzene rings is 1. The van der Waals surface area contributed by atoms with Gasteiger partial charge in [-0.05, 0) is 37.8 Å². The van der Waals surface area contributed by atoms with E-state index in [-0.39, 0.29) is 0 Å². The maximum atomic E-state index is 4.61. The minimum Gasteiger partial charge on any atom is -0.357 e. The van der Waals surface area contributed by atoms with Crippen LogP contribution in [0.2, 0.25) is 0 Å². The lowest BCUT2D eigenvalue weighted by Crippen LogP contribution is -2.38. The number of aromatic nitrogens is 2. The minimum absolute atomic E-state index is 0.816. The molecule has 1 aliphatic carbocycles. The average Bonchev–Trinajstić information content (AvgIpc) is 3.23. The van der Waals surface area contributed by atoms with E-state index in [2.05, 4.69) is 38.6 Å². The molecule has 1 aliphatic rings. The van der Waals surface area contributed by atoms with Crippen LogP contribution in [0, 0.1) is 5.92 Å². The lowest BCUT2D eigenvalue weighted by molar-refractivity contribution is 0.764.